The summed E-state index contributed by atoms with van der Waals surface area (Å²) in [4.78, 5) is 69.0. The molecule has 0 fully saturated rings. The predicted molar refractivity (Wildman–Crippen MR) is 51.2 cm³/mol. The van der Waals surface area contributed by atoms with Crippen molar-refractivity contribution in [1.29, 1.82) is 0 Å². The fourth-order valence-electron chi connectivity index (χ4n) is 0. The zero-order chi connectivity index (χ0) is 17.1. The number of hydrogen-bond donors (Lipinski definition) is 0. The van der Waals surface area contributed by atoms with E-state index in [0.29, 0.717) is 0 Å². The van der Waals surface area contributed by atoms with Gasteiger partial charge in [0.1, 0.15) is 0 Å². The van der Waals surface area contributed by atoms with Crippen molar-refractivity contribution in [3.05, 3.63) is 60.1 Å². The summed E-state index contributed by atoms with van der Waals surface area (Å²) in [6, 6.07) is 0. The molecule has 0 aliphatic carbocycles. The largest absolute Gasteiger partial charge is 0.305 e. The quantitative estimate of drug-likeness (QED) is 0.253. The van der Waals surface area contributed by atoms with Crippen molar-refractivity contribution in [2.75, 3.05) is 0 Å². The van der Waals surface area contributed by atoms with Crippen LogP contribution in [-0.2, 0) is 19.5 Å². The molecule has 0 saturated carbocycles. The summed E-state index contributed by atoms with van der Waals surface area (Å²) in [5.74, 6) is 0. The van der Waals surface area contributed by atoms with Crippen LogP contribution in [0, 0.1) is 60.1 Å². The first kappa shape index (κ1) is 30.6. The summed E-state index contributed by atoms with van der Waals surface area (Å²) < 4.78 is 0. The number of hydrogen-bond acceptors (Lipinski definition) is 12. The topological polar surface area (TPSA) is 290 Å². The van der Waals surface area contributed by atoms with Crippen LogP contribution < -0.4 is 0 Å². The SMILES string of the molecule is O=N[N+](=O)[O-].O=N[N+](=O)[O-].O=N[N+](=O)[O-].O=N[N+](=O)[O-].[Ru]. The molecule has 0 aliphatic rings. The first-order valence-electron chi connectivity index (χ1n) is 2.99. The van der Waals surface area contributed by atoms with Crippen LogP contribution in [0.25, 0.3) is 0 Å². The molecular formula is N8O12Ru. The molecule has 0 aromatic carbocycles. The maximum atomic E-state index is 8.69. The van der Waals surface area contributed by atoms with Crippen LogP contribution in [0.1, 0.15) is 0 Å². The molecule has 120 valence electrons. The van der Waals surface area contributed by atoms with Crippen molar-refractivity contribution in [2.24, 2.45) is 21.1 Å². The van der Waals surface area contributed by atoms with E-state index in [0.717, 1.165) is 0 Å². The third kappa shape index (κ3) is 166. The van der Waals surface area contributed by atoms with Crippen molar-refractivity contribution >= 4 is 0 Å². The molecule has 0 spiro atoms. The molecule has 21 heteroatoms. The maximum absolute atomic E-state index is 8.69. The Morgan fingerprint density at radius 3 is 0.524 bits per heavy atom. The number of nitro groups is 4. The number of nitroso groups, excluding NO2 is 4. The van der Waals surface area contributed by atoms with Crippen LogP contribution in [0.3, 0.4) is 0 Å². The second-order valence-electron chi connectivity index (χ2n) is 1.28. The van der Waals surface area contributed by atoms with Crippen LogP contribution in [0.2, 0.25) is 0 Å². The minimum atomic E-state index is -1.31. The van der Waals surface area contributed by atoms with Crippen molar-refractivity contribution < 1.29 is 39.6 Å². The molecule has 0 rings (SSSR count). The average molecular weight is 405 g/mol. The van der Waals surface area contributed by atoms with E-state index >= 15 is 0 Å². The summed E-state index contributed by atoms with van der Waals surface area (Å²) in [6.07, 6.45) is 0. The van der Waals surface area contributed by atoms with Crippen LogP contribution in [0.15, 0.2) is 21.1 Å². The summed E-state index contributed by atoms with van der Waals surface area (Å²) in [5, 5.41) is 35.0. The monoisotopic (exact) mass is 406 g/mol. The summed E-state index contributed by atoms with van der Waals surface area (Å²) in [7, 11) is 0. The Morgan fingerprint density at radius 2 is 0.524 bits per heavy atom. The number of rotatable bonds is 4. The Labute approximate surface area is 122 Å². The second-order valence-corrected chi connectivity index (χ2v) is 1.28. The molecule has 0 atom stereocenters. The van der Waals surface area contributed by atoms with Crippen LogP contribution >= 0.6 is 0 Å². The van der Waals surface area contributed by atoms with Crippen LogP contribution in [-0.4, -0.2) is 20.1 Å². The third-order valence-corrected chi connectivity index (χ3v) is 0.267. The maximum Gasteiger partial charge on any atom is 0.305 e. The van der Waals surface area contributed by atoms with E-state index in [-0.39, 0.29) is 19.5 Å². The smallest absolute Gasteiger partial charge is 0.230 e. The van der Waals surface area contributed by atoms with E-state index in [4.69, 9.17) is 60.1 Å². The Morgan fingerprint density at radius 1 is 0.476 bits per heavy atom. The van der Waals surface area contributed by atoms with E-state index in [1.807, 2.05) is 0 Å². The van der Waals surface area contributed by atoms with E-state index in [1.54, 1.807) is 0 Å². The van der Waals surface area contributed by atoms with Gasteiger partial charge < -0.3 is 0 Å². The van der Waals surface area contributed by atoms with Crippen LogP contribution in [0.4, 0.5) is 0 Å². The molecule has 0 aromatic heterocycles. The fraction of sp³-hybridized carbons (Fsp3) is 0. The van der Waals surface area contributed by atoms with Crippen molar-refractivity contribution in [3.63, 3.8) is 0 Å². The van der Waals surface area contributed by atoms with Crippen LogP contribution in [0.5, 0.6) is 0 Å². The molecule has 20 nitrogen and oxygen atoms in total. The van der Waals surface area contributed by atoms with Gasteiger partial charge in [-0.15, -0.1) is 0 Å². The standard InChI is InChI=1S/4N2O3.Ru/c4*3-1-2(4)5;. The third-order valence-electron chi connectivity index (χ3n) is 0.267. The van der Waals surface area contributed by atoms with E-state index in [2.05, 4.69) is 0 Å². The van der Waals surface area contributed by atoms with Gasteiger partial charge in [0.15, 0.2) is 0 Å². The zero-order valence-corrected chi connectivity index (χ0v) is 10.6. The Bertz CT molecular complexity index is 301. The Kier molecular flexibility index (Phi) is 37.1. The molecule has 21 heavy (non-hydrogen) atoms. The summed E-state index contributed by atoms with van der Waals surface area (Å²) in [6.45, 7) is 0. The molecular weight excluding hydrogens is 405 g/mol. The van der Waals surface area contributed by atoms with Gasteiger partial charge in [-0.1, -0.05) is 19.6 Å². The normalized spacial score (nSPS) is 6.10. The van der Waals surface area contributed by atoms with Gasteiger partial charge in [-0.05, 0) is 0 Å². The van der Waals surface area contributed by atoms with Gasteiger partial charge in [-0.25, -0.2) is 40.5 Å². The second kappa shape index (κ2) is 25.5. The zero-order valence-electron chi connectivity index (χ0n) is 8.83. The molecule has 0 unspecified atom stereocenters. The number of nitrogens with zero attached hydrogens (tertiary/aromatic N) is 8. The van der Waals surface area contributed by atoms with Gasteiger partial charge in [0.25, 0.3) is 0 Å². The summed E-state index contributed by atoms with van der Waals surface area (Å²) >= 11 is 0. The van der Waals surface area contributed by atoms with E-state index in [9.17, 15) is 0 Å². The van der Waals surface area contributed by atoms with Crippen molar-refractivity contribution in [2.45, 2.75) is 0 Å². The van der Waals surface area contributed by atoms with Crippen molar-refractivity contribution in [1.82, 2.24) is 0 Å². The molecule has 0 heterocycles. The predicted octanol–water partition coefficient (Wildman–Crippen LogP) is -0.224. The Hall–Kier alpha value is -3.38. The van der Waals surface area contributed by atoms with Crippen molar-refractivity contribution in [3.8, 4) is 0 Å². The van der Waals surface area contributed by atoms with Gasteiger partial charge in [0.2, 0.25) is 20.1 Å². The van der Waals surface area contributed by atoms with E-state index in [1.165, 1.54) is 21.1 Å². The molecule has 0 amide bonds. The molecule has 0 radical (unpaired) electrons. The average Bonchev–Trinajstić information content (AvgIpc) is 2.40. The molecule has 0 aromatic rings. The van der Waals surface area contributed by atoms with Gasteiger partial charge in [-0.2, -0.15) is 0 Å². The Balaban J connectivity index is -0.0000000533. The molecule has 0 N–H and O–H groups in total. The van der Waals surface area contributed by atoms with Gasteiger partial charge >= 0.3 is 21.1 Å². The summed E-state index contributed by atoms with van der Waals surface area (Å²) in [5.41, 5.74) is 0. The van der Waals surface area contributed by atoms with Gasteiger partial charge in [-0.3, -0.25) is 0 Å². The van der Waals surface area contributed by atoms with E-state index < -0.39 is 20.1 Å². The first-order chi connectivity index (χ1) is 9.08. The minimum Gasteiger partial charge on any atom is -0.230 e. The minimum absolute atomic E-state index is 0. The molecule has 0 bridgehead atoms. The fourth-order valence-corrected chi connectivity index (χ4v) is 0. The van der Waals surface area contributed by atoms with Gasteiger partial charge in [0, 0.05) is 19.5 Å². The van der Waals surface area contributed by atoms with Gasteiger partial charge in [0.05, 0.1) is 0 Å². The molecule has 0 aliphatic heterocycles. The first-order valence-corrected chi connectivity index (χ1v) is 2.99. The molecule has 0 saturated heterocycles.